The van der Waals surface area contributed by atoms with Gasteiger partial charge in [-0.05, 0) is 54.5 Å². The summed E-state index contributed by atoms with van der Waals surface area (Å²) in [6.07, 6.45) is 3.16. The number of methoxy groups -OCH3 is 1. The van der Waals surface area contributed by atoms with Crippen molar-refractivity contribution in [3.05, 3.63) is 65.6 Å². The molecule has 0 atom stereocenters. The molecule has 0 aliphatic rings. The molecular formula is C22H22N2O5S2. The maximum absolute atomic E-state index is 12.2. The number of carbonyl (C=O) groups excluding carboxylic acids is 1. The highest BCUT2D eigenvalue weighted by Gasteiger charge is 2.13. The Morgan fingerprint density at radius 3 is 2.52 bits per heavy atom. The van der Waals surface area contributed by atoms with E-state index in [1.54, 1.807) is 25.3 Å². The highest BCUT2D eigenvalue weighted by Crippen LogP contribution is 2.26. The highest BCUT2D eigenvalue weighted by molar-refractivity contribution is 7.91. The summed E-state index contributed by atoms with van der Waals surface area (Å²) in [5, 5.41) is 13.9. The van der Waals surface area contributed by atoms with Crippen molar-refractivity contribution >= 4 is 38.3 Å². The second-order valence-corrected chi connectivity index (χ2v) is 9.52. The number of ether oxygens (including phenoxy) is 1. The van der Waals surface area contributed by atoms with Crippen molar-refractivity contribution in [3.63, 3.8) is 0 Å². The van der Waals surface area contributed by atoms with Gasteiger partial charge >= 0.3 is 0 Å². The lowest BCUT2D eigenvalue weighted by Gasteiger charge is -2.03. The van der Waals surface area contributed by atoms with Gasteiger partial charge in [0.1, 0.15) is 5.75 Å². The molecule has 0 saturated carbocycles. The minimum absolute atomic E-state index is 0.104. The fourth-order valence-electron chi connectivity index (χ4n) is 2.70. The van der Waals surface area contributed by atoms with E-state index in [1.807, 2.05) is 29.6 Å². The van der Waals surface area contributed by atoms with Crippen LogP contribution in [0.15, 0.2) is 64.9 Å². The smallest absolute Gasteiger partial charge is 0.250 e. The van der Waals surface area contributed by atoms with E-state index in [0.29, 0.717) is 10.7 Å². The fourth-order valence-corrected chi connectivity index (χ4v) is 4.72. The summed E-state index contributed by atoms with van der Waals surface area (Å²) in [7, 11) is -1.81. The third-order valence-electron chi connectivity index (χ3n) is 4.36. The Morgan fingerprint density at radius 2 is 1.87 bits per heavy atom. The number of nitrogens with zero attached hydrogens (tertiary/aromatic N) is 1. The van der Waals surface area contributed by atoms with E-state index in [-0.39, 0.29) is 29.6 Å². The summed E-state index contributed by atoms with van der Waals surface area (Å²) in [6.45, 7) is -0.171. The van der Waals surface area contributed by atoms with E-state index < -0.39 is 9.84 Å². The maximum atomic E-state index is 12.2. The Hall–Kier alpha value is -3.01. The monoisotopic (exact) mass is 458 g/mol. The van der Waals surface area contributed by atoms with Gasteiger partial charge in [0.15, 0.2) is 15.0 Å². The van der Waals surface area contributed by atoms with Crippen LogP contribution in [0.2, 0.25) is 0 Å². The first-order valence-electron chi connectivity index (χ1n) is 9.44. The van der Waals surface area contributed by atoms with Gasteiger partial charge in [0.05, 0.1) is 23.5 Å². The number of sulfone groups is 1. The van der Waals surface area contributed by atoms with Gasteiger partial charge in [0.25, 0.3) is 0 Å². The molecule has 1 heterocycles. The number of hydrogen-bond acceptors (Lipinski definition) is 7. The topological polar surface area (TPSA) is 106 Å². The standard InChI is InChI=1S/C22H22N2O5S2/c1-29-18-8-6-17(7-9-18)20-15-30-22(23-20)24-21(26)12-5-16-3-10-19(11-4-16)31(27,28)14-2-13-25/h3-12,15,25H,2,13-14H2,1H3,(H,23,24,26)/b12-5+. The number of aromatic nitrogens is 1. The summed E-state index contributed by atoms with van der Waals surface area (Å²) in [5.41, 5.74) is 2.36. The van der Waals surface area contributed by atoms with Gasteiger partial charge in [0.2, 0.25) is 5.91 Å². The minimum atomic E-state index is -3.41. The lowest BCUT2D eigenvalue weighted by molar-refractivity contribution is -0.111. The zero-order valence-corrected chi connectivity index (χ0v) is 18.4. The van der Waals surface area contributed by atoms with Crippen molar-refractivity contribution in [2.24, 2.45) is 0 Å². The van der Waals surface area contributed by atoms with Gasteiger partial charge in [-0.2, -0.15) is 0 Å². The van der Waals surface area contributed by atoms with Crippen LogP contribution >= 0.6 is 11.3 Å². The first kappa shape index (κ1) is 22.7. The van der Waals surface area contributed by atoms with Crippen molar-refractivity contribution in [1.82, 2.24) is 4.98 Å². The van der Waals surface area contributed by atoms with Crippen LogP contribution in [0.25, 0.3) is 17.3 Å². The number of aliphatic hydroxyl groups is 1. The zero-order valence-electron chi connectivity index (χ0n) is 16.8. The lowest BCUT2D eigenvalue weighted by Crippen LogP contribution is -2.08. The molecule has 0 saturated heterocycles. The summed E-state index contributed by atoms with van der Waals surface area (Å²) in [5.74, 6) is 0.316. The second kappa shape index (κ2) is 10.3. The van der Waals surface area contributed by atoms with E-state index in [2.05, 4.69) is 10.3 Å². The molecule has 1 aromatic heterocycles. The van der Waals surface area contributed by atoms with Crippen molar-refractivity contribution < 1.29 is 23.1 Å². The highest BCUT2D eigenvalue weighted by atomic mass is 32.2. The van der Waals surface area contributed by atoms with Crippen molar-refractivity contribution in [1.29, 1.82) is 0 Å². The van der Waals surface area contributed by atoms with Gasteiger partial charge in [-0.1, -0.05) is 12.1 Å². The number of thiazole rings is 1. The lowest BCUT2D eigenvalue weighted by atomic mass is 10.2. The number of rotatable bonds is 9. The molecule has 0 bridgehead atoms. The Labute approximate surface area is 185 Å². The second-order valence-electron chi connectivity index (χ2n) is 6.55. The van der Waals surface area contributed by atoms with Crippen molar-refractivity contribution in [3.8, 4) is 17.0 Å². The first-order valence-corrected chi connectivity index (χ1v) is 12.0. The van der Waals surface area contributed by atoms with E-state index >= 15 is 0 Å². The fraction of sp³-hybridized carbons (Fsp3) is 0.182. The molecule has 3 aromatic rings. The van der Waals surface area contributed by atoms with Gasteiger partial charge in [0, 0.05) is 23.6 Å². The molecule has 0 aliphatic heterocycles. The molecule has 0 radical (unpaired) electrons. The molecule has 162 valence electrons. The van der Waals surface area contributed by atoms with Crippen LogP contribution in [-0.4, -0.2) is 43.9 Å². The van der Waals surface area contributed by atoms with Crippen LogP contribution in [0, 0.1) is 0 Å². The van der Waals surface area contributed by atoms with Crippen LogP contribution in [0.3, 0.4) is 0 Å². The maximum Gasteiger partial charge on any atom is 0.250 e. The molecule has 0 spiro atoms. The number of hydrogen-bond donors (Lipinski definition) is 2. The molecule has 9 heteroatoms. The number of nitrogens with one attached hydrogen (secondary N) is 1. The molecule has 1 amide bonds. The predicted molar refractivity (Wildman–Crippen MR) is 122 cm³/mol. The molecule has 2 N–H and O–H groups in total. The van der Waals surface area contributed by atoms with Gasteiger partial charge in [-0.3, -0.25) is 10.1 Å². The van der Waals surface area contributed by atoms with Crippen LogP contribution in [-0.2, 0) is 14.6 Å². The molecule has 3 rings (SSSR count). The van der Waals surface area contributed by atoms with E-state index in [0.717, 1.165) is 17.0 Å². The largest absolute Gasteiger partial charge is 0.497 e. The molecule has 0 fully saturated rings. The molecular weight excluding hydrogens is 436 g/mol. The van der Waals surface area contributed by atoms with Crippen LogP contribution < -0.4 is 10.1 Å². The minimum Gasteiger partial charge on any atom is -0.497 e. The Kier molecular flexibility index (Phi) is 7.56. The first-order chi connectivity index (χ1) is 14.9. The molecule has 7 nitrogen and oxygen atoms in total. The van der Waals surface area contributed by atoms with Crippen LogP contribution in [0.4, 0.5) is 5.13 Å². The van der Waals surface area contributed by atoms with E-state index in [1.165, 1.54) is 29.5 Å². The summed E-state index contributed by atoms with van der Waals surface area (Å²) in [6, 6.07) is 13.7. The van der Waals surface area contributed by atoms with E-state index in [4.69, 9.17) is 9.84 Å². The van der Waals surface area contributed by atoms with Crippen LogP contribution in [0.5, 0.6) is 5.75 Å². The van der Waals surface area contributed by atoms with Crippen molar-refractivity contribution in [2.45, 2.75) is 11.3 Å². The number of anilines is 1. The predicted octanol–water partition coefficient (Wildman–Crippen LogP) is 3.63. The Balaban J connectivity index is 1.60. The van der Waals surface area contributed by atoms with Gasteiger partial charge in [-0.25, -0.2) is 13.4 Å². The summed E-state index contributed by atoms with van der Waals surface area (Å²) < 4.78 is 29.3. The average Bonchev–Trinajstić information content (AvgIpc) is 3.25. The Morgan fingerprint density at radius 1 is 1.16 bits per heavy atom. The molecule has 2 aromatic carbocycles. The number of amides is 1. The number of benzene rings is 2. The zero-order chi connectivity index (χ0) is 22.3. The quantitative estimate of drug-likeness (QED) is 0.475. The molecule has 0 unspecified atom stereocenters. The van der Waals surface area contributed by atoms with E-state index in [9.17, 15) is 13.2 Å². The molecule has 0 aliphatic carbocycles. The number of carbonyl (C=O) groups is 1. The third kappa shape index (κ3) is 6.24. The van der Waals surface area contributed by atoms with Crippen LogP contribution in [0.1, 0.15) is 12.0 Å². The normalized spacial score (nSPS) is 11.5. The van der Waals surface area contributed by atoms with Gasteiger partial charge in [-0.15, -0.1) is 11.3 Å². The summed E-state index contributed by atoms with van der Waals surface area (Å²) in [4.78, 5) is 16.8. The Bertz CT molecular complexity index is 1150. The molecule has 31 heavy (non-hydrogen) atoms. The van der Waals surface area contributed by atoms with Crippen molar-refractivity contribution in [2.75, 3.05) is 24.8 Å². The third-order valence-corrected chi connectivity index (χ3v) is 6.93. The SMILES string of the molecule is COc1ccc(-c2csc(NC(=O)/C=C/c3ccc(S(=O)(=O)CCCO)cc3)n2)cc1. The van der Waals surface area contributed by atoms with Gasteiger partial charge < -0.3 is 9.84 Å². The number of aliphatic hydroxyl groups excluding tert-OH is 1. The average molecular weight is 459 g/mol. The summed E-state index contributed by atoms with van der Waals surface area (Å²) >= 11 is 1.32.